The lowest BCUT2D eigenvalue weighted by Gasteiger charge is -2.16. The number of halogens is 2. The molecule has 1 heterocycles. The molecule has 2 rings (SSSR count). The number of rotatable bonds is 6. The van der Waals surface area contributed by atoms with Gasteiger partial charge in [0.05, 0.1) is 6.26 Å². The van der Waals surface area contributed by atoms with Crippen molar-refractivity contribution in [3.8, 4) is 0 Å². The minimum Gasteiger partial charge on any atom is -0.469 e. The second-order valence-electron chi connectivity index (χ2n) is 4.51. The van der Waals surface area contributed by atoms with Crippen LogP contribution in [0.15, 0.2) is 41.0 Å². The zero-order valence-electron chi connectivity index (χ0n) is 10.8. The minimum atomic E-state index is -0.488. The predicted molar refractivity (Wildman–Crippen MR) is 69.9 cm³/mol. The molecule has 19 heavy (non-hydrogen) atoms. The quantitative estimate of drug-likeness (QED) is 0.866. The third kappa shape index (κ3) is 3.64. The maximum atomic E-state index is 13.6. The van der Waals surface area contributed by atoms with Crippen molar-refractivity contribution in [2.45, 2.75) is 25.3 Å². The molecule has 0 spiro atoms. The Balaban J connectivity index is 1.98. The van der Waals surface area contributed by atoms with Gasteiger partial charge in [-0.1, -0.05) is 6.07 Å². The number of aryl methyl sites for hydroxylation is 1. The molecule has 0 saturated carbocycles. The molecular formula is C15H17F2NO. The van der Waals surface area contributed by atoms with E-state index in [0.717, 1.165) is 18.6 Å². The van der Waals surface area contributed by atoms with E-state index in [2.05, 4.69) is 5.32 Å². The fourth-order valence-electron chi connectivity index (χ4n) is 2.09. The molecule has 1 N–H and O–H groups in total. The molecule has 2 aromatic rings. The van der Waals surface area contributed by atoms with Gasteiger partial charge in [-0.2, -0.15) is 0 Å². The van der Waals surface area contributed by atoms with Gasteiger partial charge in [0.2, 0.25) is 0 Å². The SMILES string of the molecule is CNC(CCc1ccco1)Cc1c(F)cccc1F. The number of nitrogens with one attached hydrogen (secondary N) is 1. The highest BCUT2D eigenvalue weighted by molar-refractivity contribution is 5.20. The van der Waals surface area contributed by atoms with Gasteiger partial charge in [0.1, 0.15) is 17.4 Å². The molecule has 0 bridgehead atoms. The molecule has 0 fully saturated rings. The van der Waals surface area contributed by atoms with Crippen molar-refractivity contribution in [1.29, 1.82) is 0 Å². The van der Waals surface area contributed by atoms with Gasteiger partial charge in [-0.05, 0) is 44.2 Å². The lowest BCUT2D eigenvalue weighted by Crippen LogP contribution is -2.29. The van der Waals surface area contributed by atoms with E-state index in [9.17, 15) is 8.78 Å². The van der Waals surface area contributed by atoms with Crippen molar-refractivity contribution >= 4 is 0 Å². The van der Waals surface area contributed by atoms with Crippen LogP contribution in [0.2, 0.25) is 0 Å². The summed E-state index contributed by atoms with van der Waals surface area (Å²) in [6.45, 7) is 0. The highest BCUT2D eigenvalue weighted by Gasteiger charge is 2.14. The van der Waals surface area contributed by atoms with Crippen LogP contribution in [0.4, 0.5) is 8.78 Å². The predicted octanol–water partition coefficient (Wildman–Crippen LogP) is 3.32. The van der Waals surface area contributed by atoms with Crippen LogP contribution in [0.3, 0.4) is 0 Å². The highest BCUT2D eigenvalue weighted by atomic mass is 19.1. The van der Waals surface area contributed by atoms with Crippen molar-refractivity contribution in [3.05, 3.63) is 59.6 Å². The van der Waals surface area contributed by atoms with Crippen LogP contribution >= 0.6 is 0 Å². The normalized spacial score (nSPS) is 12.6. The molecule has 1 atom stereocenters. The van der Waals surface area contributed by atoms with E-state index < -0.39 is 11.6 Å². The largest absolute Gasteiger partial charge is 0.469 e. The summed E-state index contributed by atoms with van der Waals surface area (Å²) in [7, 11) is 1.80. The molecule has 0 aliphatic carbocycles. The van der Waals surface area contributed by atoms with Gasteiger partial charge < -0.3 is 9.73 Å². The van der Waals surface area contributed by atoms with E-state index >= 15 is 0 Å². The third-order valence-corrected chi connectivity index (χ3v) is 3.24. The Morgan fingerprint density at radius 3 is 2.47 bits per heavy atom. The summed E-state index contributed by atoms with van der Waals surface area (Å²) in [5, 5.41) is 3.09. The molecule has 1 aromatic carbocycles. The van der Waals surface area contributed by atoms with E-state index in [0.29, 0.717) is 6.42 Å². The number of benzene rings is 1. The van der Waals surface area contributed by atoms with Crippen molar-refractivity contribution in [2.24, 2.45) is 0 Å². The lowest BCUT2D eigenvalue weighted by atomic mass is 10.0. The summed E-state index contributed by atoms with van der Waals surface area (Å²) in [4.78, 5) is 0. The second-order valence-corrected chi connectivity index (χ2v) is 4.51. The summed E-state index contributed by atoms with van der Waals surface area (Å²) in [6.07, 6.45) is 3.46. The molecular weight excluding hydrogens is 248 g/mol. The number of hydrogen-bond acceptors (Lipinski definition) is 2. The molecule has 4 heteroatoms. The standard InChI is InChI=1S/C15H17F2NO/c1-18-11(7-8-12-4-3-9-19-12)10-13-14(16)5-2-6-15(13)17/h2-6,9,11,18H,7-8,10H2,1H3. The van der Waals surface area contributed by atoms with Crippen LogP contribution < -0.4 is 5.32 Å². The van der Waals surface area contributed by atoms with Gasteiger partial charge in [0.15, 0.2) is 0 Å². The summed E-state index contributed by atoms with van der Waals surface area (Å²) in [6, 6.07) is 7.70. The Morgan fingerprint density at radius 1 is 1.16 bits per heavy atom. The van der Waals surface area contributed by atoms with Gasteiger partial charge in [0, 0.05) is 18.0 Å². The Bertz CT molecular complexity index is 491. The van der Waals surface area contributed by atoms with Crippen LogP contribution in [0, 0.1) is 11.6 Å². The van der Waals surface area contributed by atoms with E-state index in [1.54, 1.807) is 13.3 Å². The number of hydrogen-bond donors (Lipinski definition) is 1. The van der Waals surface area contributed by atoms with Gasteiger partial charge in [0.25, 0.3) is 0 Å². The molecule has 102 valence electrons. The average molecular weight is 265 g/mol. The Hall–Kier alpha value is -1.68. The molecule has 0 amide bonds. The Kier molecular flexibility index (Phi) is 4.68. The first-order valence-corrected chi connectivity index (χ1v) is 6.33. The number of likely N-dealkylation sites (N-methyl/N-ethyl adjacent to an activating group) is 1. The zero-order valence-corrected chi connectivity index (χ0v) is 10.8. The molecule has 1 unspecified atom stereocenters. The molecule has 0 aliphatic heterocycles. The molecule has 0 saturated heterocycles. The summed E-state index contributed by atoms with van der Waals surface area (Å²) < 4.78 is 32.4. The van der Waals surface area contributed by atoms with Crippen molar-refractivity contribution < 1.29 is 13.2 Å². The summed E-state index contributed by atoms with van der Waals surface area (Å²) in [5.41, 5.74) is 0.140. The molecule has 1 aromatic heterocycles. The minimum absolute atomic E-state index is 0.0106. The van der Waals surface area contributed by atoms with Gasteiger partial charge in [-0.3, -0.25) is 0 Å². The average Bonchev–Trinajstić information content (AvgIpc) is 2.91. The van der Waals surface area contributed by atoms with E-state index in [-0.39, 0.29) is 11.6 Å². The van der Waals surface area contributed by atoms with E-state index in [1.807, 2.05) is 12.1 Å². The fourth-order valence-corrected chi connectivity index (χ4v) is 2.09. The lowest BCUT2D eigenvalue weighted by molar-refractivity contribution is 0.448. The summed E-state index contributed by atoms with van der Waals surface area (Å²) in [5.74, 6) is -0.0919. The van der Waals surface area contributed by atoms with Crippen LogP contribution in [0.1, 0.15) is 17.7 Å². The fraction of sp³-hybridized carbons (Fsp3) is 0.333. The molecule has 2 nitrogen and oxygen atoms in total. The van der Waals surface area contributed by atoms with Crippen molar-refractivity contribution in [1.82, 2.24) is 5.32 Å². The molecule has 0 aliphatic rings. The topological polar surface area (TPSA) is 25.2 Å². The zero-order chi connectivity index (χ0) is 13.7. The first kappa shape index (κ1) is 13.7. The smallest absolute Gasteiger partial charge is 0.129 e. The number of furan rings is 1. The van der Waals surface area contributed by atoms with E-state index in [1.165, 1.54) is 18.2 Å². The van der Waals surface area contributed by atoms with Crippen molar-refractivity contribution in [3.63, 3.8) is 0 Å². The van der Waals surface area contributed by atoms with Crippen LogP contribution in [0.25, 0.3) is 0 Å². The third-order valence-electron chi connectivity index (χ3n) is 3.24. The highest BCUT2D eigenvalue weighted by Crippen LogP contribution is 2.16. The monoisotopic (exact) mass is 265 g/mol. The Morgan fingerprint density at radius 2 is 1.89 bits per heavy atom. The van der Waals surface area contributed by atoms with E-state index in [4.69, 9.17) is 4.42 Å². The first-order chi connectivity index (χ1) is 9.20. The van der Waals surface area contributed by atoms with Crippen LogP contribution in [0.5, 0.6) is 0 Å². The molecule has 0 radical (unpaired) electrons. The van der Waals surface area contributed by atoms with Gasteiger partial charge >= 0.3 is 0 Å². The second kappa shape index (κ2) is 6.48. The van der Waals surface area contributed by atoms with Crippen molar-refractivity contribution in [2.75, 3.05) is 7.05 Å². The van der Waals surface area contributed by atoms with Gasteiger partial charge in [-0.15, -0.1) is 0 Å². The Labute approximate surface area is 111 Å². The maximum Gasteiger partial charge on any atom is 0.129 e. The van der Waals surface area contributed by atoms with Crippen LogP contribution in [-0.4, -0.2) is 13.1 Å². The summed E-state index contributed by atoms with van der Waals surface area (Å²) >= 11 is 0. The maximum absolute atomic E-state index is 13.6. The first-order valence-electron chi connectivity index (χ1n) is 6.33. The van der Waals surface area contributed by atoms with Gasteiger partial charge in [-0.25, -0.2) is 8.78 Å². The van der Waals surface area contributed by atoms with Crippen LogP contribution in [-0.2, 0) is 12.8 Å².